The van der Waals surface area contributed by atoms with E-state index in [2.05, 4.69) is 20.9 Å². The minimum absolute atomic E-state index is 0.162. The first-order valence-corrected chi connectivity index (χ1v) is 10.6. The van der Waals surface area contributed by atoms with Crippen LogP contribution in [-0.4, -0.2) is 30.9 Å². The number of imidazole rings is 1. The van der Waals surface area contributed by atoms with Crippen molar-refractivity contribution in [3.63, 3.8) is 0 Å². The third kappa shape index (κ3) is 3.40. The molecular weight excluding hydrogens is 450 g/mol. The van der Waals surface area contributed by atoms with Crippen LogP contribution in [-0.2, 0) is 11.2 Å². The van der Waals surface area contributed by atoms with E-state index in [9.17, 15) is 9.59 Å². The van der Waals surface area contributed by atoms with E-state index in [0.29, 0.717) is 16.8 Å². The van der Waals surface area contributed by atoms with Gasteiger partial charge in [-0.15, -0.1) is 5.10 Å². The molecule has 2 aromatic heterocycles. The molecule has 1 aromatic carbocycles. The summed E-state index contributed by atoms with van der Waals surface area (Å²) in [4.78, 5) is 32.2. The zero-order valence-corrected chi connectivity index (χ0v) is 19.2. The van der Waals surface area contributed by atoms with E-state index < -0.39 is 17.7 Å². The van der Waals surface area contributed by atoms with Crippen molar-refractivity contribution in [2.24, 2.45) is 0 Å². The minimum atomic E-state index is -0.651. The molecule has 0 saturated carbocycles. The number of carbonyl (C=O) groups excluding carboxylic acids is 1. The smallest absolute Gasteiger partial charge is 0.415 e. The first-order valence-electron chi connectivity index (χ1n) is 9.84. The summed E-state index contributed by atoms with van der Waals surface area (Å²) in [6.07, 6.45) is 1.62. The van der Waals surface area contributed by atoms with Crippen molar-refractivity contribution >= 4 is 33.4 Å². The maximum atomic E-state index is 13.2. The summed E-state index contributed by atoms with van der Waals surface area (Å²) in [5.74, 6) is 0.489. The van der Waals surface area contributed by atoms with Gasteiger partial charge in [-0.2, -0.15) is 4.52 Å². The van der Waals surface area contributed by atoms with Crippen LogP contribution in [0.3, 0.4) is 0 Å². The molecule has 1 aliphatic rings. The second kappa shape index (κ2) is 7.23. The molecular formula is C21H24BrN5O3. The van der Waals surface area contributed by atoms with E-state index in [-0.39, 0.29) is 17.2 Å². The van der Waals surface area contributed by atoms with Crippen molar-refractivity contribution < 1.29 is 9.53 Å². The van der Waals surface area contributed by atoms with Gasteiger partial charge in [-0.1, -0.05) is 18.2 Å². The zero-order chi connectivity index (χ0) is 21.8. The Hall–Kier alpha value is -2.68. The molecule has 1 atom stereocenters. The molecule has 0 fully saturated rings. The quantitative estimate of drug-likeness (QED) is 0.554. The molecule has 30 heavy (non-hydrogen) atoms. The van der Waals surface area contributed by atoms with Crippen LogP contribution in [0.1, 0.15) is 58.1 Å². The highest BCUT2D eigenvalue weighted by Crippen LogP contribution is 2.40. The third-order valence-corrected chi connectivity index (χ3v) is 5.48. The average Bonchev–Trinajstić information content (AvgIpc) is 3.21. The van der Waals surface area contributed by atoms with Gasteiger partial charge in [0, 0.05) is 12.5 Å². The van der Waals surface area contributed by atoms with Crippen LogP contribution in [0, 0.1) is 0 Å². The lowest BCUT2D eigenvalue weighted by molar-refractivity contribution is 0.0566. The maximum Gasteiger partial charge on any atom is 0.415 e. The number of ether oxygens (including phenoxy) is 1. The summed E-state index contributed by atoms with van der Waals surface area (Å²) in [7, 11) is 0. The number of halogens is 1. The van der Waals surface area contributed by atoms with Crippen LogP contribution in [0.5, 0.6) is 0 Å². The van der Waals surface area contributed by atoms with Crippen LogP contribution in [0.25, 0.3) is 5.65 Å². The van der Waals surface area contributed by atoms with Gasteiger partial charge in [-0.05, 0) is 62.2 Å². The number of para-hydroxylation sites is 1. The lowest BCUT2D eigenvalue weighted by atomic mass is 10.1. The number of hydrogen-bond acceptors (Lipinski definition) is 5. The van der Waals surface area contributed by atoms with Gasteiger partial charge in [0.05, 0.1) is 11.9 Å². The second-order valence-corrected chi connectivity index (χ2v) is 9.45. The molecule has 9 heteroatoms. The Bertz CT molecular complexity index is 1190. The molecule has 3 heterocycles. The Labute approximate surface area is 182 Å². The fourth-order valence-electron chi connectivity index (χ4n) is 3.78. The number of carbonyl (C=O) groups is 1. The molecule has 3 aromatic rings. The van der Waals surface area contributed by atoms with Gasteiger partial charge in [-0.25, -0.2) is 9.78 Å². The van der Waals surface area contributed by atoms with Gasteiger partial charge in [0.25, 0.3) is 5.56 Å². The van der Waals surface area contributed by atoms with Crippen molar-refractivity contribution in [1.29, 1.82) is 0 Å². The van der Waals surface area contributed by atoms with Crippen LogP contribution < -0.4 is 10.5 Å². The number of rotatable bonds is 2. The highest BCUT2D eigenvalue weighted by Gasteiger charge is 2.40. The predicted octanol–water partition coefficient (Wildman–Crippen LogP) is 4.27. The fourth-order valence-corrected chi connectivity index (χ4v) is 4.13. The molecule has 0 bridgehead atoms. The SMILES string of the molecule is CC(C)n1c(C2Cc3ccccc3N2C(=O)OC(C)(C)C)nn2c(Br)cnc2c1=O. The Morgan fingerprint density at radius 2 is 1.97 bits per heavy atom. The lowest BCUT2D eigenvalue weighted by Crippen LogP contribution is -2.41. The average molecular weight is 474 g/mol. The largest absolute Gasteiger partial charge is 0.443 e. The Balaban J connectivity index is 1.93. The van der Waals surface area contributed by atoms with Gasteiger partial charge in [0.1, 0.15) is 16.2 Å². The molecule has 1 amide bonds. The lowest BCUT2D eigenvalue weighted by Gasteiger charge is -2.30. The Morgan fingerprint density at radius 3 is 2.63 bits per heavy atom. The molecule has 1 aliphatic heterocycles. The fraction of sp³-hybridized carbons (Fsp3) is 0.429. The Morgan fingerprint density at radius 1 is 1.27 bits per heavy atom. The van der Waals surface area contributed by atoms with Crippen LogP contribution in [0.4, 0.5) is 10.5 Å². The van der Waals surface area contributed by atoms with E-state index in [1.165, 1.54) is 4.52 Å². The van der Waals surface area contributed by atoms with E-state index in [1.807, 2.05) is 58.9 Å². The number of benzene rings is 1. The molecule has 0 saturated heterocycles. The standard InChI is InChI=1S/C21H24BrN5O3/c1-12(2)25-17(24-27-16(22)11-23-18(27)19(25)28)15-10-13-8-6-7-9-14(13)26(15)20(29)30-21(3,4)5/h6-9,11-12,15H,10H2,1-5H3. The van der Waals surface area contributed by atoms with Gasteiger partial charge in [0.2, 0.25) is 5.65 Å². The summed E-state index contributed by atoms with van der Waals surface area (Å²) in [5, 5.41) is 4.73. The number of nitrogens with zero attached hydrogens (tertiary/aromatic N) is 5. The zero-order valence-electron chi connectivity index (χ0n) is 17.6. The summed E-state index contributed by atoms with van der Waals surface area (Å²) in [6.45, 7) is 9.33. The van der Waals surface area contributed by atoms with Crippen molar-refractivity contribution in [2.45, 2.75) is 58.7 Å². The van der Waals surface area contributed by atoms with Crippen LogP contribution in [0.15, 0.2) is 39.9 Å². The summed E-state index contributed by atoms with van der Waals surface area (Å²) in [5.41, 5.74) is 1.11. The predicted molar refractivity (Wildman–Crippen MR) is 117 cm³/mol. The number of aromatic nitrogens is 4. The van der Waals surface area contributed by atoms with Crippen molar-refractivity contribution in [3.05, 3.63) is 56.8 Å². The summed E-state index contributed by atoms with van der Waals surface area (Å²) >= 11 is 3.40. The molecule has 158 valence electrons. The molecule has 1 unspecified atom stereocenters. The Kier molecular flexibility index (Phi) is 4.96. The highest BCUT2D eigenvalue weighted by atomic mass is 79.9. The van der Waals surface area contributed by atoms with Gasteiger partial charge < -0.3 is 4.74 Å². The van der Waals surface area contributed by atoms with E-state index in [0.717, 1.165) is 11.3 Å². The first kappa shape index (κ1) is 20.6. The van der Waals surface area contributed by atoms with Crippen molar-refractivity contribution in [3.8, 4) is 0 Å². The van der Waals surface area contributed by atoms with E-state index in [1.54, 1.807) is 15.7 Å². The molecule has 0 spiro atoms. The number of anilines is 1. The van der Waals surface area contributed by atoms with E-state index >= 15 is 0 Å². The van der Waals surface area contributed by atoms with Gasteiger partial charge in [0.15, 0.2) is 5.82 Å². The van der Waals surface area contributed by atoms with Gasteiger partial charge >= 0.3 is 6.09 Å². The molecule has 0 N–H and O–H groups in total. The van der Waals surface area contributed by atoms with Crippen LogP contribution in [0.2, 0.25) is 0 Å². The highest BCUT2D eigenvalue weighted by molar-refractivity contribution is 9.10. The van der Waals surface area contributed by atoms with Crippen molar-refractivity contribution in [2.75, 3.05) is 4.90 Å². The number of fused-ring (bicyclic) bond motifs is 2. The van der Waals surface area contributed by atoms with Crippen LogP contribution >= 0.6 is 15.9 Å². The first-order chi connectivity index (χ1) is 14.1. The third-order valence-electron chi connectivity index (χ3n) is 4.94. The molecule has 0 radical (unpaired) electrons. The summed E-state index contributed by atoms with van der Waals surface area (Å²) < 4.78 is 9.37. The monoisotopic (exact) mass is 473 g/mol. The maximum absolute atomic E-state index is 13.2. The van der Waals surface area contributed by atoms with Crippen molar-refractivity contribution in [1.82, 2.24) is 19.2 Å². The molecule has 4 rings (SSSR count). The molecule has 0 aliphatic carbocycles. The minimum Gasteiger partial charge on any atom is -0.443 e. The number of hydrogen-bond donors (Lipinski definition) is 0. The van der Waals surface area contributed by atoms with E-state index in [4.69, 9.17) is 9.84 Å². The summed E-state index contributed by atoms with van der Waals surface area (Å²) in [6, 6.07) is 7.05. The molecule has 8 nitrogen and oxygen atoms in total. The normalized spacial score (nSPS) is 16.4. The second-order valence-electron chi connectivity index (χ2n) is 8.64. The van der Waals surface area contributed by atoms with Gasteiger partial charge in [-0.3, -0.25) is 14.3 Å². The number of amides is 1. The topological polar surface area (TPSA) is 81.7 Å².